The number of ether oxygens (including phenoxy) is 2. The van der Waals surface area contributed by atoms with E-state index in [9.17, 15) is 9.59 Å². The average molecular weight is 148 g/mol. The Morgan fingerprint density at radius 3 is 1.20 bits per heavy atom. The Kier molecular flexibility index (Phi) is 9.29. The second kappa shape index (κ2) is 7.94. The Morgan fingerprint density at radius 1 is 1.00 bits per heavy atom. The monoisotopic (exact) mass is 148 g/mol. The van der Waals surface area contributed by atoms with Gasteiger partial charge < -0.3 is 14.3 Å². The lowest BCUT2D eigenvalue weighted by atomic mass is 10.6. The highest BCUT2D eigenvalue weighted by Gasteiger charge is 1.88. The first kappa shape index (κ1) is 11.7. The van der Waals surface area contributed by atoms with Crippen LogP contribution in [0, 0.1) is 0 Å². The van der Waals surface area contributed by atoms with Gasteiger partial charge in [0.15, 0.2) is 0 Å². The summed E-state index contributed by atoms with van der Waals surface area (Å²) in [5.74, 6) is 0.167. The minimum Gasteiger partial charge on any atom is -0.438 e. The highest BCUT2D eigenvalue weighted by atomic mass is 16.7. The van der Waals surface area contributed by atoms with Crippen molar-refractivity contribution >= 4 is 11.9 Å². The first-order valence-electron chi connectivity index (χ1n) is 2.63. The van der Waals surface area contributed by atoms with E-state index in [0.29, 0.717) is 0 Å². The molecule has 4 heteroatoms. The Bertz CT molecular complexity index is 98.3. The topological polar surface area (TPSA) is 52.6 Å². The standard InChI is InChI=1S/C3H6O3.C3H6O/c1-5-3(4)6-2;1-3(2)4/h1-2H3;1-2H3. The van der Waals surface area contributed by atoms with Crippen molar-refractivity contribution < 1.29 is 19.1 Å². The summed E-state index contributed by atoms with van der Waals surface area (Å²) in [7, 11) is 2.51. The molecule has 0 heterocycles. The third kappa shape index (κ3) is 28.3. The van der Waals surface area contributed by atoms with Gasteiger partial charge in [0.1, 0.15) is 5.78 Å². The number of rotatable bonds is 0. The molecule has 10 heavy (non-hydrogen) atoms. The smallest absolute Gasteiger partial charge is 0.438 e. The van der Waals surface area contributed by atoms with Gasteiger partial charge in [-0.1, -0.05) is 0 Å². The lowest BCUT2D eigenvalue weighted by molar-refractivity contribution is -0.114. The fourth-order valence-electron chi connectivity index (χ4n) is 0.0833. The Labute approximate surface area is 60.1 Å². The third-order valence-electron chi connectivity index (χ3n) is 0.333. The molecule has 0 N–H and O–H groups in total. The van der Waals surface area contributed by atoms with Gasteiger partial charge in [-0.2, -0.15) is 0 Å². The average Bonchev–Trinajstić information content (AvgIpc) is 1.85. The minimum absolute atomic E-state index is 0.167. The van der Waals surface area contributed by atoms with Crippen molar-refractivity contribution in [2.45, 2.75) is 13.8 Å². The van der Waals surface area contributed by atoms with E-state index in [1.54, 1.807) is 0 Å². The molecule has 4 nitrogen and oxygen atoms in total. The maximum absolute atomic E-state index is 9.74. The molecule has 0 aromatic carbocycles. The zero-order valence-corrected chi connectivity index (χ0v) is 6.63. The second-order valence-electron chi connectivity index (χ2n) is 1.57. The highest BCUT2D eigenvalue weighted by molar-refractivity contribution is 5.72. The molecular weight excluding hydrogens is 136 g/mol. The second-order valence-corrected chi connectivity index (χ2v) is 1.57. The molecule has 60 valence electrons. The molecule has 0 aliphatic heterocycles. The summed E-state index contributed by atoms with van der Waals surface area (Å²) < 4.78 is 8.08. The summed E-state index contributed by atoms with van der Waals surface area (Å²) in [6.45, 7) is 3.06. The normalized spacial score (nSPS) is 6.80. The SMILES string of the molecule is CC(C)=O.COC(=O)OC. The van der Waals surface area contributed by atoms with E-state index >= 15 is 0 Å². The number of Topliss-reactive ketones (excluding diaryl/α,β-unsaturated/α-hetero) is 1. The van der Waals surface area contributed by atoms with Gasteiger partial charge in [0.25, 0.3) is 0 Å². The summed E-state index contributed by atoms with van der Waals surface area (Å²) in [5, 5.41) is 0. The zero-order chi connectivity index (χ0) is 8.57. The fourth-order valence-corrected chi connectivity index (χ4v) is 0.0833. The number of hydrogen-bond acceptors (Lipinski definition) is 4. The van der Waals surface area contributed by atoms with E-state index in [4.69, 9.17) is 0 Å². The van der Waals surface area contributed by atoms with Gasteiger partial charge in [0, 0.05) is 0 Å². The number of hydrogen-bond donors (Lipinski definition) is 0. The summed E-state index contributed by atoms with van der Waals surface area (Å²) in [5.41, 5.74) is 0. The molecule has 0 amide bonds. The predicted octanol–water partition coefficient (Wildman–Crippen LogP) is 0.995. The van der Waals surface area contributed by atoms with Gasteiger partial charge in [-0.15, -0.1) is 0 Å². The van der Waals surface area contributed by atoms with Crippen LogP contribution in [0.15, 0.2) is 0 Å². The van der Waals surface area contributed by atoms with Crippen molar-refractivity contribution in [1.29, 1.82) is 0 Å². The largest absolute Gasteiger partial charge is 0.507 e. The van der Waals surface area contributed by atoms with Crippen LogP contribution >= 0.6 is 0 Å². The maximum atomic E-state index is 9.74. The summed E-state index contributed by atoms with van der Waals surface area (Å²) in [6, 6.07) is 0. The Hall–Kier alpha value is -1.06. The predicted molar refractivity (Wildman–Crippen MR) is 35.8 cm³/mol. The van der Waals surface area contributed by atoms with Crippen LogP contribution in [0.3, 0.4) is 0 Å². The van der Waals surface area contributed by atoms with Gasteiger partial charge in [0.2, 0.25) is 0 Å². The van der Waals surface area contributed by atoms with Crippen molar-refractivity contribution in [2.75, 3.05) is 14.2 Å². The van der Waals surface area contributed by atoms with Gasteiger partial charge in [-0.05, 0) is 13.8 Å². The summed E-state index contributed by atoms with van der Waals surface area (Å²) in [4.78, 5) is 19.2. The van der Waals surface area contributed by atoms with E-state index in [2.05, 4.69) is 9.47 Å². The van der Waals surface area contributed by atoms with E-state index in [0.717, 1.165) is 0 Å². The Morgan fingerprint density at radius 2 is 1.20 bits per heavy atom. The van der Waals surface area contributed by atoms with E-state index in [1.165, 1.54) is 28.1 Å². The molecule has 0 radical (unpaired) electrons. The van der Waals surface area contributed by atoms with Crippen LogP contribution in [-0.4, -0.2) is 26.2 Å². The molecule has 0 spiro atoms. The van der Waals surface area contributed by atoms with Gasteiger partial charge in [-0.25, -0.2) is 4.79 Å². The summed E-state index contributed by atoms with van der Waals surface area (Å²) in [6.07, 6.45) is -0.657. The molecule has 0 aliphatic carbocycles. The minimum atomic E-state index is -0.657. The van der Waals surface area contributed by atoms with Crippen LogP contribution in [0.2, 0.25) is 0 Å². The molecule has 0 atom stereocenters. The van der Waals surface area contributed by atoms with Crippen LogP contribution in [-0.2, 0) is 14.3 Å². The van der Waals surface area contributed by atoms with Crippen molar-refractivity contribution in [2.24, 2.45) is 0 Å². The van der Waals surface area contributed by atoms with Crippen LogP contribution in [0.4, 0.5) is 4.79 Å². The maximum Gasteiger partial charge on any atom is 0.507 e. The van der Waals surface area contributed by atoms with Crippen LogP contribution < -0.4 is 0 Å². The third-order valence-corrected chi connectivity index (χ3v) is 0.333. The molecule has 0 aliphatic rings. The number of carbonyl (C=O) groups excluding carboxylic acids is 2. The van der Waals surface area contributed by atoms with E-state index in [-0.39, 0.29) is 5.78 Å². The van der Waals surface area contributed by atoms with E-state index in [1.807, 2.05) is 0 Å². The lowest BCUT2D eigenvalue weighted by Crippen LogP contribution is -1.97. The zero-order valence-electron chi connectivity index (χ0n) is 6.63. The first-order chi connectivity index (χ1) is 4.54. The molecule has 0 saturated carbocycles. The molecule has 0 aromatic heterocycles. The van der Waals surface area contributed by atoms with Crippen LogP contribution in [0.25, 0.3) is 0 Å². The first-order valence-corrected chi connectivity index (χ1v) is 2.63. The molecule has 0 bridgehead atoms. The van der Waals surface area contributed by atoms with Crippen molar-refractivity contribution in [3.05, 3.63) is 0 Å². The molecular formula is C6H12O4. The number of carbonyl (C=O) groups is 2. The van der Waals surface area contributed by atoms with Crippen molar-refractivity contribution in [3.8, 4) is 0 Å². The molecule has 0 saturated heterocycles. The van der Waals surface area contributed by atoms with Crippen molar-refractivity contribution in [1.82, 2.24) is 0 Å². The highest BCUT2D eigenvalue weighted by Crippen LogP contribution is 1.72. The number of methoxy groups -OCH3 is 2. The van der Waals surface area contributed by atoms with Crippen molar-refractivity contribution in [3.63, 3.8) is 0 Å². The van der Waals surface area contributed by atoms with Crippen LogP contribution in [0.1, 0.15) is 13.8 Å². The van der Waals surface area contributed by atoms with Gasteiger partial charge in [0.05, 0.1) is 14.2 Å². The molecule has 0 rings (SSSR count). The lowest BCUT2D eigenvalue weighted by Gasteiger charge is -1.89. The quantitative estimate of drug-likeness (QED) is 0.481. The molecule has 0 unspecified atom stereocenters. The van der Waals surface area contributed by atoms with Gasteiger partial charge in [-0.3, -0.25) is 0 Å². The Balaban J connectivity index is 0. The molecule has 0 fully saturated rings. The molecule has 0 aromatic rings. The van der Waals surface area contributed by atoms with Gasteiger partial charge >= 0.3 is 6.16 Å². The van der Waals surface area contributed by atoms with E-state index < -0.39 is 6.16 Å². The summed E-state index contributed by atoms with van der Waals surface area (Å²) >= 11 is 0. The fraction of sp³-hybridized carbons (Fsp3) is 0.667. The number of ketones is 1. The van der Waals surface area contributed by atoms with Crippen LogP contribution in [0.5, 0.6) is 0 Å².